The van der Waals surface area contributed by atoms with Gasteiger partial charge in [0.25, 0.3) is 0 Å². The van der Waals surface area contributed by atoms with E-state index in [2.05, 4.69) is 10.3 Å². The standard InChI is InChI=1S/C12H18N2O2/c1-9-8-10(5-7-13-9)14-12(2,3)6-4-11(15)16/h5,7-8H,4,6H2,1-3H3,(H,13,14)(H,15,16). The maximum atomic E-state index is 10.5. The van der Waals surface area contributed by atoms with E-state index in [0.717, 1.165) is 11.4 Å². The molecule has 0 aliphatic rings. The number of aromatic nitrogens is 1. The van der Waals surface area contributed by atoms with Crippen molar-refractivity contribution < 1.29 is 9.90 Å². The van der Waals surface area contributed by atoms with E-state index >= 15 is 0 Å². The van der Waals surface area contributed by atoms with Gasteiger partial charge in [0.05, 0.1) is 0 Å². The highest BCUT2D eigenvalue weighted by Gasteiger charge is 2.18. The SMILES string of the molecule is Cc1cc(NC(C)(C)CCC(=O)O)ccn1. The average Bonchev–Trinajstić information content (AvgIpc) is 2.14. The molecule has 0 saturated heterocycles. The van der Waals surface area contributed by atoms with Crippen LogP contribution in [-0.2, 0) is 4.79 Å². The Morgan fingerprint density at radius 3 is 2.81 bits per heavy atom. The van der Waals surface area contributed by atoms with E-state index in [1.807, 2.05) is 32.9 Å². The van der Waals surface area contributed by atoms with Crippen LogP contribution in [0.3, 0.4) is 0 Å². The van der Waals surface area contributed by atoms with Crippen LogP contribution in [0.1, 0.15) is 32.4 Å². The van der Waals surface area contributed by atoms with Crippen molar-refractivity contribution in [2.45, 2.75) is 39.2 Å². The summed E-state index contributed by atoms with van der Waals surface area (Å²) in [7, 11) is 0. The summed E-state index contributed by atoms with van der Waals surface area (Å²) in [5, 5.41) is 12.0. The first-order valence-electron chi connectivity index (χ1n) is 5.32. The van der Waals surface area contributed by atoms with Crippen LogP contribution in [0.25, 0.3) is 0 Å². The number of nitrogens with one attached hydrogen (secondary N) is 1. The fourth-order valence-corrected chi connectivity index (χ4v) is 1.50. The quantitative estimate of drug-likeness (QED) is 0.803. The molecule has 88 valence electrons. The molecular formula is C12H18N2O2. The minimum absolute atomic E-state index is 0.171. The van der Waals surface area contributed by atoms with Crippen molar-refractivity contribution >= 4 is 11.7 Å². The van der Waals surface area contributed by atoms with Gasteiger partial charge in [-0.3, -0.25) is 9.78 Å². The van der Waals surface area contributed by atoms with Gasteiger partial charge in [0.2, 0.25) is 0 Å². The molecule has 4 nitrogen and oxygen atoms in total. The minimum atomic E-state index is -0.763. The van der Waals surface area contributed by atoms with Crippen molar-refractivity contribution in [3.8, 4) is 0 Å². The summed E-state index contributed by atoms with van der Waals surface area (Å²) >= 11 is 0. The van der Waals surface area contributed by atoms with Crippen molar-refractivity contribution in [3.05, 3.63) is 24.0 Å². The molecule has 0 bridgehead atoms. The van der Waals surface area contributed by atoms with E-state index in [0.29, 0.717) is 6.42 Å². The van der Waals surface area contributed by atoms with Crippen LogP contribution in [0.4, 0.5) is 5.69 Å². The van der Waals surface area contributed by atoms with Crippen molar-refractivity contribution in [1.82, 2.24) is 4.98 Å². The highest BCUT2D eigenvalue weighted by atomic mass is 16.4. The van der Waals surface area contributed by atoms with Crippen molar-refractivity contribution in [3.63, 3.8) is 0 Å². The number of hydrogen-bond donors (Lipinski definition) is 2. The lowest BCUT2D eigenvalue weighted by atomic mass is 9.98. The molecule has 1 rings (SSSR count). The first-order chi connectivity index (χ1) is 7.39. The fourth-order valence-electron chi connectivity index (χ4n) is 1.50. The Morgan fingerprint density at radius 2 is 2.25 bits per heavy atom. The number of carbonyl (C=O) groups is 1. The number of aryl methyl sites for hydroxylation is 1. The number of nitrogens with zero attached hydrogens (tertiary/aromatic N) is 1. The van der Waals surface area contributed by atoms with Gasteiger partial charge in [-0.05, 0) is 39.3 Å². The zero-order chi connectivity index (χ0) is 12.2. The van der Waals surface area contributed by atoms with Gasteiger partial charge in [-0.25, -0.2) is 0 Å². The number of rotatable bonds is 5. The van der Waals surface area contributed by atoms with Gasteiger partial charge in [-0.2, -0.15) is 0 Å². The molecule has 0 aliphatic heterocycles. The normalized spacial score (nSPS) is 11.2. The maximum Gasteiger partial charge on any atom is 0.303 e. The van der Waals surface area contributed by atoms with Gasteiger partial charge in [-0.1, -0.05) is 0 Å². The van der Waals surface area contributed by atoms with Crippen molar-refractivity contribution in [1.29, 1.82) is 0 Å². The first-order valence-corrected chi connectivity index (χ1v) is 5.32. The first kappa shape index (κ1) is 12.5. The Kier molecular flexibility index (Phi) is 3.88. The third-order valence-corrected chi connectivity index (χ3v) is 2.34. The monoisotopic (exact) mass is 222 g/mol. The molecule has 1 heterocycles. The third kappa shape index (κ3) is 4.29. The van der Waals surface area contributed by atoms with Gasteiger partial charge < -0.3 is 10.4 Å². The summed E-state index contributed by atoms with van der Waals surface area (Å²) in [5.74, 6) is -0.763. The van der Waals surface area contributed by atoms with E-state index in [4.69, 9.17) is 5.11 Å². The zero-order valence-corrected chi connectivity index (χ0v) is 9.95. The molecule has 0 fully saturated rings. The summed E-state index contributed by atoms with van der Waals surface area (Å²) in [6, 6.07) is 3.83. The Morgan fingerprint density at radius 1 is 1.56 bits per heavy atom. The highest BCUT2D eigenvalue weighted by Crippen LogP contribution is 2.19. The molecule has 1 aromatic heterocycles. The summed E-state index contributed by atoms with van der Waals surface area (Å²) in [4.78, 5) is 14.6. The largest absolute Gasteiger partial charge is 0.481 e. The van der Waals surface area contributed by atoms with Crippen LogP contribution >= 0.6 is 0 Å². The highest BCUT2D eigenvalue weighted by molar-refractivity contribution is 5.66. The van der Waals surface area contributed by atoms with Crippen LogP contribution in [0, 0.1) is 6.92 Å². The van der Waals surface area contributed by atoms with Crippen molar-refractivity contribution in [2.75, 3.05) is 5.32 Å². The number of aliphatic carboxylic acids is 1. The summed E-state index contributed by atoms with van der Waals surface area (Å²) in [6.07, 6.45) is 2.50. The number of hydrogen-bond acceptors (Lipinski definition) is 3. The smallest absolute Gasteiger partial charge is 0.303 e. The summed E-state index contributed by atoms with van der Waals surface area (Å²) in [6.45, 7) is 5.91. The molecule has 0 saturated carbocycles. The van der Waals surface area contributed by atoms with E-state index in [1.165, 1.54) is 0 Å². The number of carboxylic acids is 1. The van der Waals surface area contributed by atoms with Gasteiger partial charge >= 0.3 is 5.97 Å². The topological polar surface area (TPSA) is 62.2 Å². The number of carboxylic acid groups (broad SMARTS) is 1. The Hall–Kier alpha value is -1.58. The molecule has 0 aromatic carbocycles. The zero-order valence-electron chi connectivity index (χ0n) is 9.95. The second-order valence-electron chi connectivity index (χ2n) is 4.59. The Labute approximate surface area is 95.7 Å². The molecule has 0 spiro atoms. The summed E-state index contributed by atoms with van der Waals surface area (Å²) in [5.41, 5.74) is 1.69. The van der Waals surface area contributed by atoms with E-state index in [1.54, 1.807) is 6.20 Å². The van der Waals surface area contributed by atoms with Crippen molar-refractivity contribution in [2.24, 2.45) is 0 Å². The van der Waals surface area contributed by atoms with Gasteiger partial charge in [0, 0.05) is 29.5 Å². The minimum Gasteiger partial charge on any atom is -0.481 e. The average molecular weight is 222 g/mol. The van der Waals surface area contributed by atoms with Crippen LogP contribution in [0.2, 0.25) is 0 Å². The lowest BCUT2D eigenvalue weighted by Gasteiger charge is -2.27. The summed E-state index contributed by atoms with van der Waals surface area (Å²) < 4.78 is 0. The van der Waals surface area contributed by atoms with Gasteiger partial charge in [-0.15, -0.1) is 0 Å². The molecule has 0 amide bonds. The molecule has 1 aromatic rings. The maximum absolute atomic E-state index is 10.5. The number of pyridine rings is 1. The molecule has 4 heteroatoms. The Balaban J connectivity index is 2.61. The second kappa shape index (κ2) is 4.96. The number of anilines is 1. The predicted molar refractivity (Wildman–Crippen MR) is 63.5 cm³/mol. The van der Waals surface area contributed by atoms with Crippen LogP contribution in [0.15, 0.2) is 18.3 Å². The van der Waals surface area contributed by atoms with Crippen LogP contribution < -0.4 is 5.32 Å². The van der Waals surface area contributed by atoms with E-state index in [-0.39, 0.29) is 12.0 Å². The lowest BCUT2D eigenvalue weighted by molar-refractivity contribution is -0.137. The third-order valence-electron chi connectivity index (χ3n) is 2.34. The predicted octanol–water partition coefficient (Wildman–Crippen LogP) is 2.45. The van der Waals surface area contributed by atoms with Crippen LogP contribution in [-0.4, -0.2) is 21.6 Å². The molecular weight excluding hydrogens is 204 g/mol. The van der Waals surface area contributed by atoms with Gasteiger partial charge in [0.15, 0.2) is 0 Å². The van der Waals surface area contributed by atoms with Crippen LogP contribution in [0.5, 0.6) is 0 Å². The lowest BCUT2D eigenvalue weighted by Crippen LogP contribution is -2.31. The molecule has 0 atom stereocenters. The molecule has 0 aliphatic carbocycles. The molecule has 16 heavy (non-hydrogen) atoms. The Bertz CT molecular complexity index is 375. The van der Waals surface area contributed by atoms with E-state index < -0.39 is 5.97 Å². The second-order valence-corrected chi connectivity index (χ2v) is 4.59. The molecule has 2 N–H and O–H groups in total. The molecule has 0 radical (unpaired) electrons. The molecule has 0 unspecified atom stereocenters. The van der Waals surface area contributed by atoms with Gasteiger partial charge in [0.1, 0.15) is 0 Å². The van der Waals surface area contributed by atoms with E-state index in [9.17, 15) is 4.79 Å². The fraction of sp³-hybridized carbons (Fsp3) is 0.500.